The predicted molar refractivity (Wildman–Crippen MR) is 106 cm³/mol. The van der Waals surface area contributed by atoms with E-state index in [0.717, 1.165) is 28.9 Å². The Hall–Kier alpha value is -2.57. The maximum absolute atomic E-state index is 13.2. The van der Waals surface area contributed by atoms with E-state index in [1.54, 1.807) is 18.2 Å². The highest BCUT2D eigenvalue weighted by atomic mass is 35.5. The van der Waals surface area contributed by atoms with Gasteiger partial charge in [-0.25, -0.2) is 4.79 Å². The second-order valence-electron chi connectivity index (χ2n) is 6.89. The second-order valence-corrected chi connectivity index (χ2v) is 7.67. The van der Waals surface area contributed by atoms with Crippen LogP contribution in [0.5, 0.6) is 0 Å². The van der Waals surface area contributed by atoms with E-state index in [1.165, 1.54) is 0 Å². The van der Waals surface area contributed by atoms with Crippen LogP contribution in [0.4, 0.5) is 10.5 Å². The van der Waals surface area contributed by atoms with E-state index in [4.69, 9.17) is 23.2 Å². The van der Waals surface area contributed by atoms with Gasteiger partial charge in [-0.2, -0.15) is 0 Å². The molecule has 6 nitrogen and oxygen atoms in total. The Balaban J connectivity index is 1.56. The maximum atomic E-state index is 13.2. The molecule has 1 aliphatic carbocycles. The molecule has 2 aromatic rings. The molecule has 0 unspecified atom stereocenters. The summed E-state index contributed by atoms with van der Waals surface area (Å²) in [6, 6.07) is 11.9. The number of carbonyl (C=O) groups excluding carboxylic acids is 3. The number of hydrogen-bond acceptors (Lipinski definition) is 3. The number of anilines is 1. The third-order valence-corrected chi connectivity index (χ3v) is 6.00. The summed E-state index contributed by atoms with van der Waals surface area (Å²) >= 11 is 12.0. The zero-order chi connectivity index (χ0) is 19.9. The Kier molecular flexibility index (Phi) is 4.77. The van der Waals surface area contributed by atoms with Crippen molar-refractivity contribution >= 4 is 46.7 Å². The molecular weight excluding hydrogens is 401 g/mol. The third kappa shape index (κ3) is 3.02. The van der Waals surface area contributed by atoms with Gasteiger partial charge in [0.05, 0.1) is 15.7 Å². The SMILES string of the molecule is O=C(CN1C(=O)N[C@]2(CCCc3ccccc32)C1=O)Nc1cccc(Cl)c1Cl. The van der Waals surface area contributed by atoms with Gasteiger partial charge in [-0.05, 0) is 42.5 Å². The summed E-state index contributed by atoms with van der Waals surface area (Å²) in [6.45, 7) is -0.405. The summed E-state index contributed by atoms with van der Waals surface area (Å²) in [4.78, 5) is 39.1. The van der Waals surface area contributed by atoms with Gasteiger partial charge < -0.3 is 10.6 Å². The van der Waals surface area contributed by atoms with Crippen molar-refractivity contribution in [2.45, 2.75) is 24.8 Å². The van der Waals surface area contributed by atoms with Crippen molar-refractivity contribution in [3.8, 4) is 0 Å². The Morgan fingerprint density at radius 3 is 2.75 bits per heavy atom. The van der Waals surface area contributed by atoms with Gasteiger partial charge in [0.25, 0.3) is 5.91 Å². The summed E-state index contributed by atoms with van der Waals surface area (Å²) in [5, 5.41) is 5.93. The van der Waals surface area contributed by atoms with Gasteiger partial charge in [-0.15, -0.1) is 0 Å². The fraction of sp³-hybridized carbons (Fsp3) is 0.250. The quantitative estimate of drug-likeness (QED) is 0.746. The molecule has 4 rings (SSSR count). The molecule has 0 aromatic heterocycles. The van der Waals surface area contributed by atoms with Crippen molar-refractivity contribution in [1.82, 2.24) is 10.2 Å². The molecule has 1 spiro atoms. The van der Waals surface area contributed by atoms with Gasteiger partial charge >= 0.3 is 6.03 Å². The zero-order valence-electron chi connectivity index (χ0n) is 14.8. The Labute approximate surface area is 171 Å². The molecule has 1 atom stereocenters. The van der Waals surface area contributed by atoms with E-state index in [9.17, 15) is 14.4 Å². The van der Waals surface area contributed by atoms with Crippen LogP contribution in [0.3, 0.4) is 0 Å². The van der Waals surface area contributed by atoms with Gasteiger partial charge in [-0.3, -0.25) is 14.5 Å². The molecule has 0 radical (unpaired) electrons. The molecule has 1 heterocycles. The number of aryl methyl sites for hydroxylation is 1. The van der Waals surface area contributed by atoms with E-state index < -0.39 is 29.9 Å². The molecule has 2 N–H and O–H groups in total. The van der Waals surface area contributed by atoms with E-state index in [1.807, 2.05) is 24.3 Å². The molecule has 1 saturated heterocycles. The molecule has 0 saturated carbocycles. The summed E-state index contributed by atoms with van der Waals surface area (Å²) in [6.07, 6.45) is 2.14. The van der Waals surface area contributed by atoms with Gasteiger partial charge in [-0.1, -0.05) is 53.5 Å². The Morgan fingerprint density at radius 1 is 1.14 bits per heavy atom. The zero-order valence-corrected chi connectivity index (χ0v) is 16.3. The van der Waals surface area contributed by atoms with Gasteiger partial charge in [0.15, 0.2) is 0 Å². The molecular formula is C20H17Cl2N3O3. The molecule has 144 valence electrons. The number of halogens is 2. The van der Waals surface area contributed by atoms with E-state index in [2.05, 4.69) is 10.6 Å². The van der Waals surface area contributed by atoms with Crippen molar-refractivity contribution in [2.75, 3.05) is 11.9 Å². The van der Waals surface area contributed by atoms with Crippen LogP contribution in [-0.2, 0) is 21.5 Å². The highest BCUT2D eigenvalue weighted by molar-refractivity contribution is 6.44. The van der Waals surface area contributed by atoms with Crippen LogP contribution in [0.15, 0.2) is 42.5 Å². The van der Waals surface area contributed by atoms with Crippen molar-refractivity contribution in [3.63, 3.8) is 0 Å². The lowest BCUT2D eigenvalue weighted by molar-refractivity contribution is -0.134. The number of nitrogens with one attached hydrogen (secondary N) is 2. The lowest BCUT2D eigenvalue weighted by Gasteiger charge is -2.33. The van der Waals surface area contributed by atoms with Crippen molar-refractivity contribution in [1.29, 1.82) is 0 Å². The molecule has 4 amide bonds. The number of carbonyl (C=O) groups is 3. The number of urea groups is 1. The van der Waals surface area contributed by atoms with Crippen molar-refractivity contribution in [3.05, 3.63) is 63.6 Å². The number of benzene rings is 2. The van der Waals surface area contributed by atoms with Gasteiger partial charge in [0.2, 0.25) is 5.91 Å². The topological polar surface area (TPSA) is 78.5 Å². The fourth-order valence-corrected chi connectivity index (χ4v) is 4.24. The number of hydrogen-bond donors (Lipinski definition) is 2. The standard InChI is InChI=1S/C20H17Cl2N3O3/c21-14-8-3-9-15(17(14)22)23-16(26)11-25-18(27)20(24-19(25)28)10-4-6-12-5-1-2-7-13(12)20/h1-3,5,7-9H,4,6,10-11H2,(H,23,26)(H,24,28)/t20-/m0/s1. The third-order valence-electron chi connectivity index (χ3n) is 5.18. The number of amides is 4. The predicted octanol–water partition coefficient (Wildman–Crippen LogP) is 3.72. The van der Waals surface area contributed by atoms with E-state index in [-0.39, 0.29) is 5.02 Å². The smallest absolute Gasteiger partial charge is 0.323 e. The highest BCUT2D eigenvalue weighted by Crippen LogP contribution is 2.39. The summed E-state index contributed by atoms with van der Waals surface area (Å²) in [5.74, 6) is -0.939. The minimum absolute atomic E-state index is 0.201. The average Bonchev–Trinajstić information content (AvgIpc) is 2.91. The minimum atomic E-state index is -1.10. The first-order chi connectivity index (χ1) is 13.4. The van der Waals surface area contributed by atoms with Crippen LogP contribution in [0.25, 0.3) is 0 Å². The van der Waals surface area contributed by atoms with Crippen molar-refractivity contribution in [2.24, 2.45) is 0 Å². The molecule has 2 aromatic carbocycles. The van der Waals surface area contributed by atoms with Crippen LogP contribution < -0.4 is 10.6 Å². The largest absolute Gasteiger partial charge is 0.325 e. The number of imide groups is 1. The second kappa shape index (κ2) is 7.11. The molecule has 1 fully saturated rings. The van der Waals surface area contributed by atoms with E-state index >= 15 is 0 Å². The van der Waals surface area contributed by atoms with Crippen molar-refractivity contribution < 1.29 is 14.4 Å². The van der Waals surface area contributed by atoms with Crippen LogP contribution in [0, 0.1) is 0 Å². The molecule has 8 heteroatoms. The average molecular weight is 418 g/mol. The Bertz CT molecular complexity index is 994. The minimum Gasteiger partial charge on any atom is -0.323 e. The summed E-state index contributed by atoms with van der Waals surface area (Å²) < 4.78 is 0. The number of nitrogens with zero attached hydrogens (tertiary/aromatic N) is 1. The lowest BCUT2D eigenvalue weighted by Crippen LogP contribution is -2.47. The number of rotatable bonds is 3. The van der Waals surface area contributed by atoms with E-state index in [0.29, 0.717) is 17.1 Å². The first-order valence-electron chi connectivity index (χ1n) is 8.89. The molecule has 2 aliphatic rings. The first kappa shape index (κ1) is 18.8. The monoisotopic (exact) mass is 417 g/mol. The van der Waals surface area contributed by atoms with Crippen LogP contribution in [-0.4, -0.2) is 29.3 Å². The van der Waals surface area contributed by atoms with Crippen LogP contribution in [0.2, 0.25) is 10.0 Å². The molecule has 0 bridgehead atoms. The number of fused-ring (bicyclic) bond motifs is 2. The highest BCUT2D eigenvalue weighted by Gasteiger charge is 2.54. The fourth-order valence-electron chi connectivity index (χ4n) is 3.89. The lowest BCUT2D eigenvalue weighted by atomic mass is 9.76. The Morgan fingerprint density at radius 2 is 1.93 bits per heavy atom. The molecule has 28 heavy (non-hydrogen) atoms. The van der Waals surface area contributed by atoms with Crippen LogP contribution in [0.1, 0.15) is 24.0 Å². The first-order valence-corrected chi connectivity index (χ1v) is 9.64. The van der Waals surface area contributed by atoms with Gasteiger partial charge in [0, 0.05) is 0 Å². The summed E-state index contributed by atoms with van der Waals surface area (Å²) in [5.41, 5.74) is 1.07. The van der Waals surface area contributed by atoms with Gasteiger partial charge in [0.1, 0.15) is 12.1 Å². The molecule has 1 aliphatic heterocycles. The van der Waals surface area contributed by atoms with Crippen LogP contribution >= 0.6 is 23.2 Å². The maximum Gasteiger partial charge on any atom is 0.325 e. The summed E-state index contributed by atoms with van der Waals surface area (Å²) in [7, 11) is 0. The normalized spacial score (nSPS) is 20.9.